The summed E-state index contributed by atoms with van der Waals surface area (Å²) in [5.41, 5.74) is -0.629. The second-order valence-corrected chi connectivity index (χ2v) is 6.29. The Bertz CT molecular complexity index is 335. The SMILES string of the molecule is CCC(C)C(=O)NC(C)(C)CCS(=O)(=O)O. The first-order valence-corrected chi connectivity index (χ1v) is 6.95. The Morgan fingerprint density at radius 3 is 2.31 bits per heavy atom. The number of nitrogens with one attached hydrogen (secondary N) is 1. The maximum Gasteiger partial charge on any atom is 0.264 e. The fourth-order valence-corrected chi connectivity index (χ4v) is 1.86. The molecule has 0 aromatic rings. The number of hydrogen-bond acceptors (Lipinski definition) is 3. The van der Waals surface area contributed by atoms with Gasteiger partial charge < -0.3 is 5.32 Å². The minimum atomic E-state index is -3.97. The van der Waals surface area contributed by atoms with Crippen molar-refractivity contribution in [3.63, 3.8) is 0 Å². The van der Waals surface area contributed by atoms with E-state index in [1.807, 2.05) is 13.8 Å². The van der Waals surface area contributed by atoms with E-state index in [2.05, 4.69) is 5.32 Å². The van der Waals surface area contributed by atoms with Gasteiger partial charge in [-0.15, -0.1) is 0 Å². The molecule has 2 N–H and O–H groups in total. The fourth-order valence-electron chi connectivity index (χ4n) is 1.09. The van der Waals surface area contributed by atoms with Crippen molar-refractivity contribution in [2.24, 2.45) is 5.92 Å². The molecule has 0 spiro atoms. The second-order valence-electron chi connectivity index (χ2n) is 4.72. The molecule has 1 atom stereocenters. The van der Waals surface area contributed by atoms with Crippen molar-refractivity contribution in [1.29, 1.82) is 0 Å². The lowest BCUT2D eigenvalue weighted by molar-refractivity contribution is -0.126. The number of amides is 1. The fraction of sp³-hybridized carbons (Fsp3) is 0.900. The molecule has 0 heterocycles. The van der Waals surface area contributed by atoms with E-state index in [4.69, 9.17) is 4.55 Å². The van der Waals surface area contributed by atoms with Crippen molar-refractivity contribution < 1.29 is 17.8 Å². The lowest BCUT2D eigenvalue weighted by atomic mass is 9.99. The van der Waals surface area contributed by atoms with Crippen LogP contribution in [0.25, 0.3) is 0 Å². The molecule has 0 aliphatic heterocycles. The third-order valence-corrected chi connectivity index (χ3v) is 3.23. The largest absolute Gasteiger partial charge is 0.351 e. The summed E-state index contributed by atoms with van der Waals surface area (Å²) in [5, 5.41) is 2.77. The van der Waals surface area contributed by atoms with Crippen LogP contribution in [0.15, 0.2) is 0 Å². The molecular formula is C10H21NO4S. The van der Waals surface area contributed by atoms with Crippen LogP contribution in [0.1, 0.15) is 40.5 Å². The molecule has 6 heteroatoms. The van der Waals surface area contributed by atoms with E-state index in [-0.39, 0.29) is 24.0 Å². The first-order chi connectivity index (χ1) is 7.07. The Kier molecular flexibility index (Phi) is 5.41. The van der Waals surface area contributed by atoms with Gasteiger partial charge in [-0.25, -0.2) is 0 Å². The monoisotopic (exact) mass is 251 g/mol. The molecule has 1 amide bonds. The molecular weight excluding hydrogens is 230 g/mol. The summed E-state index contributed by atoms with van der Waals surface area (Å²) >= 11 is 0. The van der Waals surface area contributed by atoms with Crippen LogP contribution >= 0.6 is 0 Å². The van der Waals surface area contributed by atoms with E-state index >= 15 is 0 Å². The number of carbonyl (C=O) groups excluding carboxylic acids is 1. The van der Waals surface area contributed by atoms with Gasteiger partial charge in [0.15, 0.2) is 0 Å². The molecule has 0 aromatic heterocycles. The first-order valence-electron chi connectivity index (χ1n) is 5.34. The molecule has 0 bridgehead atoms. The number of hydrogen-bond donors (Lipinski definition) is 2. The Labute approximate surface area is 97.4 Å². The molecule has 0 aliphatic carbocycles. The molecule has 0 aliphatic rings. The maximum atomic E-state index is 11.6. The van der Waals surface area contributed by atoms with Gasteiger partial charge in [0.25, 0.3) is 10.1 Å². The highest BCUT2D eigenvalue weighted by atomic mass is 32.2. The molecule has 0 saturated heterocycles. The van der Waals surface area contributed by atoms with Gasteiger partial charge in [0.2, 0.25) is 5.91 Å². The number of rotatable bonds is 6. The summed E-state index contributed by atoms with van der Waals surface area (Å²) in [6, 6.07) is 0. The van der Waals surface area contributed by atoms with Gasteiger partial charge in [-0.2, -0.15) is 8.42 Å². The Hall–Kier alpha value is -0.620. The summed E-state index contributed by atoms with van der Waals surface area (Å²) in [7, 11) is -3.97. The lowest BCUT2D eigenvalue weighted by Crippen LogP contribution is -2.46. The van der Waals surface area contributed by atoms with Gasteiger partial charge in [0.1, 0.15) is 0 Å². The summed E-state index contributed by atoms with van der Waals surface area (Å²) < 4.78 is 29.8. The summed E-state index contributed by atoms with van der Waals surface area (Å²) in [5.74, 6) is -0.534. The summed E-state index contributed by atoms with van der Waals surface area (Å²) in [6.07, 6.45) is 0.925. The highest BCUT2D eigenvalue weighted by Gasteiger charge is 2.24. The van der Waals surface area contributed by atoms with Crippen LogP contribution < -0.4 is 5.32 Å². The molecule has 0 fully saturated rings. The van der Waals surface area contributed by atoms with Crippen molar-refractivity contribution in [1.82, 2.24) is 5.32 Å². The molecule has 96 valence electrons. The van der Waals surface area contributed by atoms with Crippen LogP contribution in [0.5, 0.6) is 0 Å². The van der Waals surface area contributed by atoms with Crippen LogP contribution in [-0.4, -0.2) is 30.2 Å². The van der Waals surface area contributed by atoms with E-state index < -0.39 is 15.7 Å². The Balaban J connectivity index is 4.30. The molecule has 16 heavy (non-hydrogen) atoms. The van der Waals surface area contributed by atoms with Crippen LogP contribution in [0.3, 0.4) is 0 Å². The van der Waals surface area contributed by atoms with Gasteiger partial charge >= 0.3 is 0 Å². The molecule has 0 saturated carbocycles. The standard InChI is InChI=1S/C10H21NO4S/c1-5-8(2)9(12)11-10(3,4)6-7-16(13,14)15/h8H,5-7H2,1-4H3,(H,11,12)(H,13,14,15). The van der Waals surface area contributed by atoms with E-state index in [1.54, 1.807) is 13.8 Å². The molecule has 0 aromatic carbocycles. The van der Waals surface area contributed by atoms with E-state index in [1.165, 1.54) is 0 Å². The number of carbonyl (C=O) groups is 1. The zero-order valence-corrected chi connectivity index (χ0v) is 11.1. The highest BCUT2D eigenvalue weighted by Crippen LogP contribution is 2.12. The topological polar surface area (TPSA) is 83.5 Å². The zero-order chi connectivity index (χ0) is 13.0. The predicted molar refractivity (Wildman–Crippen MR) is 62.7 cm³/mol. The minimum Gasteiger partial charge on any atom is -0.351 e. The van der Waals surface area contributed by atoms with E-state index in [0.717, 1.165) is 6.42 Å². The smallest absolute Gasteiger partial charge is 0.264 e. The normalized spacial score (nSPS) is 14.6. The van der Waals surface area contributed by atoms with Gasteiger partial charge in [-0.3, -0.25) is 9.35 Å². The van der Waals surface area contributed by atoms with Gasteiger partial charge in [-0.05, 0) is 26.7 Å². The quantitative estimate of drug-likeness (QED) is 0.695. The van der Waals surface area contributed by atoms with Gasteiger partial charge in [-0.1, -0.05) is 13.8 Å². The minimum absolute atomic E-state index is 0.0926. The molecule has 1 unspecified atom stereocenters. The molecule has 5 nitrogen and oxygen atoms in total. The summed E-state index contributed by atoms with van der Waals surface area (Å²) in [6.45, 7) is 7.19. The molecule has 0 radical (unpaired) electrons. The van der Waals surface area contributed by atoms with Crippen molar-refractivity contribution in [2.75, 3.05) is 5.75 Å². The Morgan fingerprint density at radius 2 is 1.94 bits per heavy atom. The second kappa shape index (κ2) is 5.63. The van der Waals surface area contributed by atoms with Gasteiger partial charge in [0, 0.05) is 11.5 Å². The van der Waals surface area contributed by atoms with E-state index in [0.29, 0.717) is 0 Å². The predicted octanol–water partition coefficient (Wildman–Crippen LogP) is 1.21. The van der Waals surface area contributed by atoms with E-state index in [9.17, 15) is 13.2 Å². The summed E-state index contributed by atoms with van der Waals surface area (Å²) in [4.78, 5) is 11.6. The highest BCUT2D eigenvalue weighted by molar-refractivity contribution is 7.85. The average molecular weight is 251 g/mol. The first kappa shape index (κ1) is 15.4. The van der Waals surface area contributed by atoms with Crippen LogP contribution in [0.4, 0.5) is 0 Å². The third kappa shape index (κ3) is 6.79. The zero-order valence-electron chi connectivity index (χ0n) is 10.3. The van der Waals surface area contributed by atoms with Crippen molar-refractivity contribution in [2.45, 2.75) is 46.1 Å². The van der Waals surface area contributed by atoms with Crippen LogP contribution in [0.2, 0.25) is 0 Å². The van der Waals surface area contributed by atoms with Gasteiger partial charge in [0.05, 0.1) is 5.75 Å². The van der Waals surface area contributed by atoms with Crippen LogP contribution in [0, 0.1) is 5.92 Å². The van der Waals surface area contributed by atoms with Crippen molar-refractivity contribution in [3.05, 3.63) is 0 Å². The molecule has 0 rings (SSSR count). The maximum absolute atomic E-state index is 11.6. The van der Waals surface area contributed by atoms with Crippen LogP contribution in [-0.2, 0) is 14.9 Å². The van der Waals surface area contributed by atoms with Crippen molar-refractivity contribution >= 4 is 16.0 Å². The lowest BCUT2D eigenvalue weighted by Gasteiger charge is -2.27. The average Bonchev–Trinajstić information content (AvgIpc) is 2.12. The Morgan fingerprint density at radius 1 is 1.44 bits per heavy atom. The third-order valence-electron chi connectivity index (χ3n) is 2.51. The van der Waals surface area contributed by atoms with Crippen molar-refractivity contribution in [3.8, 4) is 0 Å².